The minimum Gasteiger partial charge on any atom is -0.358 e. The Bertz CT molecular complexity index is 1130. The maximum Gasteiger partial charge on any atom is 0.244 e. The van der Waals surface area contributed by atoms with E-state index in [1.807, 2.05) is 73.3 Å². The maximum atomic E-state index is 13.4. The summed E-state index contributed by atoms with van der Waals surface area (Å²) in [5.74, 6) is 0.365. The molecular formula is C26H30N4O2. The normalized spacial score (nSPS) is 21.4. The number of anilines is 1. The Kier molecular flexibility index (Phi) is 5.57. The number of carbonyl (C=O) groups is 2. The molecule has 2 saturated heterocycles. The second kappa shape index (κ2) is 8.52. The first-order valence-corrected chi connectivity index (χ1v) is 11.5. The van der Waals surface area contributed by atoms with Gasteiger partial charge in [0.15, 0.2) is 5.78 Å². The highest BCUT2D eigenvalue weighted by Crippen LogP contribution is 2.27. The predicted molar refractivity (Wildman–Crippen MR) is 127 cm³/mol. The number of nitrogens with zero attached hydrogens (tertiary/aromatic N) is 3. The Morgan fingerprint density at radius 2 is 1.66 bits per heavy atom. The van der Waals surface area contributed by atoms with Crippen LogP contribution in [-0.2, 0) is 4.79 Å². The number of para-hydroxylation sites is 2. The molecule has 0 saturated carbocycles. The summed E-state index contributed by atoms with van der Waals surface area (Å²) >= 11 is 0. The van der Waals surface area contributed by atoms with Gasteiger partial charge in [-0.25, -0.2) is 0 Å². The van der Waals surface area contributed by atoms with E-state index in [4.69, 9.17) is 0 Å². The van der Waals surface area contributed by atoms with Gasteiger partial charge in [0, 0.05) is 60.6 Å². The van der Waals surface area contributed by atoms with Crippen molar-refractivity contribution in [1.82, 2.24) is 14.8 Å². The van der Waals surface area contributed by atoms with Gasteiger partial charge in [-0.05, 0) is 38.5 Å². The van der Waals surface area contributed by atoms with Gasteiger partial charge in [0.05, 0.1) is 12.1 Å². The second-order valence-corrected chi connectivity index (χ2v) is 8.91. The molecule has 1 N–H and O–H groups in total. The van der Waals surface area contributed by atoms with Crippen LogP contribution in [0, 0.1) is 6.92 Å². The van der Waals surface area contributed by atoms with E-state index in [1.54, 1.807) is 0 Å². The van der Waals surface area contributed by atoms with E-state index in [0.29, 0.717) is 0 Å². The van der Waals surface area contributed by atoms with Crippen LogP contribution in [0.2, 0.25) is 0 Å². The van der Waals surface area contributed by atoms with Crippen LogP contribution in [0.1, 0.15) is 29.4 Å². The lowest BCUT2D eigenvalue weighted by atomic mass is 10.00. The molecule has 6 nitrogen and oxygen atoms in total. The second-order valence-electron chi connectivity index (χ2n) is 8.91. The van der Waals surface area contributed by atoms with Gasteiger partial charge in [0.2, 0.25) is 5.91 Å². The van der Waals surface area contributed by atoms with Gasteiger partial charge < -0.3 is 9.88 Å². The zero-order chi connectivity index (χ0) is 22.2. The third-order valence-corrected chi connectivity index (χ3v) is 7.10. The lowest BCUT2D eigenvalue weighted by Gasteiger charge is -2.39. The fraction of sp³-hybridized carbons (Fsp3) is 0.385. The van der Waals surface area contributed by atoms with Crippen LogP contribution >= 0.6 is 0 Å². The number of H-pyrrole nitrogens is 1. The highest BCUT2D eigenvalue weighted by atomic mass is 16.2. The summed E-state index contributed by atoms with van der Waals surface area (Å²) in [6.07, 6.45) is 0.858. The van der Waals surface area contributed by atoms with E-state index in [-0.39, 0.29) is 23.8 Å². The van der Waals surface area contributed by atoms with Crippen molar-refractivity contribution >= 4 is 28.3 Å². The SMILES string of the molecule is Cc1[nH]c2ccccc2c1C(=O)C(C)N1CCN(C2CCN(c3ccccc3)C2=O)CC1. The predicted octanol–water partition coefficient (Wildman–Crippen LogP) is 3.47. The molecule has 2 aliphatic rings. The average molecular weight is 431 g/mol. The summed E-state index contributed by atoms with van der Waals surface area (Å²) in [7, 11) is 0. The molecule has 2 atom stereocenters. The maximum absolute atomic E-state index is 13.4. The zero-order valence-electron chi connectivity index (χ0n) is 18.8. The van der Waals surface area contributed by atoms with Crippen LogP contribution in [-0.4, -0.2) is 71.3 Å². The third kappa shape index (κ3) is 3.63. The minimum atomic E-state index is -0.185. The Balaban J connectivity index is 1.23. The third-order valence-electron chi connectivity index (χ3n) is 7.10. The summed E-state index contributed by atoms with van der Waals surface area (Å²) in [6, 6.07) is 17.7. The Morgan fingerprint density at radius 3 is 2.41 bits per heavy atom. The molecule has 3 aromatic rings. The van der Waals surface area contributed by atoms with Crippen molar-refractivity contribution < 1.29 is 9.59 Å². The van der Waals surface area contributed by atoms with Crippen LogP contribution in [0.25, 0.3) is 10.9 Å². The monoisotopic (exact) mass is 430 g/mol. The quantitative estimate of drug-likeness (QED) is 0.630. The van der Waals surface area contributed by atoms with E-state index < -0.39 is 0 Å². The summed E-state index contributed by atoms with van der Waals surface area (Å²) in [6.45, 7) is 7.96. The fourth-order valence-electron chi connectivity index (χ4n) is 5.27. The molecule has 3 heterocycles. The number of hydrogen-bond acceptors (Lipinski definition) is 4. The minimum absolute atomic E-state index is 0.0563. The highest BCUT2D eigenvalue weighted by molar-refractivity contribution is 6.11. The summed E-state index contributed by atoms with van der Waals surface area (Å²) < 4.78 is 0. The highest BCUT2D eigenvalue weighted by Gasteiger charge is 2.38. The molecule has 0 aliphatic carbocycles. The molecule has 6 heteroatoms. The Hall–Kier alpha value is -2.96. The van der Waals surface area contributed by atoms with Crippen molar-refractivity contribution in [2.75, 3.05) is 37.6 Å². The van der Waals surface area contributed by atoms with Crippen molar-refractivity contribution in [3.63, 3.8) is 0 Å². The Morgan fingerprint density at radius 1 is 0.969 bits per heavy atom. The molecule has 0 radical (unpaired) electrons. The van der Waals surface area contributed by atoms with E-state index in [1.165, 1.54) is 0 Å². The molecule has 0 bridgehead atoms. The number of carbonyl (C=O) groups excluding carboxylic acids is 2. The van der Waals surface area contributed by atoms with Crippen molar-refractivity contribution in [3.05, 3.63) is 65.9 Å². The number of Topliss-reactive ketones (excluding diaryl/α,β-unsaturated/α-hetero) is 1. The molecule has 5 rings (SSSR count). The number of aromatic amines is 1. The van der Waals surface area contributed by atoms with Gasteiger partial charge in [-0.15, -0.1) is 0 Å². The lowest BCUT2D eigenvalue weighted by molar-refractivity contribution is -0.122. The van der Waals surface area contributed by atoms with Gasteiger partial charge in [0.1, 0.15) is 0 Å². The molecule has 2 fully saturated rings. The first-order valence-electron chi connectivity index (χ1n) is 11.5. The van der Waals surface area contributed by atoms with Crippen molar-refractivity contribution in [2.24, 2.45) is 0 Å². The largest absolute Gasteiger partial charge is 0.358 e. The number of aromatic nitrogens is 1. The lowest BCUT2D eigenvalue weighted by Crippen LogP contribution is -2.55. The van der Waals surface area contributed by atoms with Crippen LogP contribution in [0.3, 0.4) is 0 Å². The van der Waals surface area contributed by atoms with Gasteiger partial charge in [0.25, 0.3) is 0 Å². The zero-order valence-corrected chi connectivity index (χ0v) is 18.8. The number of nitrogens with one attached hydrogen (secondary N) is 1. The van der Waals surface area contributed by atoms with Crippen molar-refractivity contribution in [1.29, 1.82) is 0 Å². The summed E-state index contributed by atoms with van der Waals surface area (Å²) in [5, 5.41) is 0.998. The van der Waals surface area contributed by atoms with Gasteiger partial charge >= 0.3 is 0 Å². The number of aryl methyl sites for hydroxylation is 1. The number of ketones is 1. The fourth-order valence-corrected chi connectivity index (χ4v) is 5.27. The van der Waals surface area contributed by atoms with Crippen LogP contribution < -0.4 is 4.90 Å². The van der Waals surface area contributed by atoms with E-state index in [2.05, 4.69) is 14.8 Å². The molecule has 0 spiro atoms. The Labute approximate surface area is 188 Å². The molecule has 1 amide bonds. The van der Waals surface area contributed by atoms with Gasteiger partial charge in [-0.3, -0.25) is 19.4 Å². The molecule has 32 heavy (non-hydrogen) atoms. The van der Waals surface area contributed by atoms with Crippen molar-refractivity contribution in [3.8, 4) is 0 Å². The average Bonchev–Trinajstić information content (AvgIpc) is 3.37. The summed E-state index contributed by atoms with van der Waals surface area (Å²) in [5.41, 5.74) is 3.72. The molecule has 2 aromatic carbocycles. The standard InChI is InChI=1S/C26H30N4O2/c1-18-24(21-10-6-7-11-22(21)27-18)25(31)19(2)28-14-16-29(17-15-28)23-12-13-30(26(23)32)20-8-4-3-5-9-20/h3-11,19,23,27H,12-17H2,1-2H3. The first-order chi connectivity index (χ1) is 15.5. The number of piperazine rings is 1. The number of hydrogen-bond donors (Lipinski definition) is 1. The van der Waals surface area contributed by atoms with Gasteiger partial charge in [-0.1, -0.05) is 36.4 Å². The van der Waals surface area contributed by atoms with E-state index in [9.17, 15) is 9.59 Å². The number of rotatable bonds is 5. The van der Waals surface area contributed by atoms with Crippen LogP contribution in [0.15, 0.2) is 54.6 Å². The number of amides is 1. The van der Waals surface area contributed by atoms with Crippen molar-refractivity contribution in [2.45, 2.75) is 32.4 Å². The first kappa shape index (κ1) is 20.9. The topological polar surface area (TPSA) is 59.7 Å². The molecular weight excluding hydrogens is 400 g/mol. The van der Waals surface area contributed by atoms with Crippen LogP contribution in [0.5, 0.6) is 0 Å². The van der Waals surface area contributed by atoms with Gasteiger partial charge in [-0.2, -0.15) is 0 Å². The molecule has 2 unspecified atom stereocenters. The van der Waals surface area contributed by atoms with E-state index in [0.717, 1.165) is 67.0 Å². The summed E-state index contributed by atoms with van der Waals surface area (Å²) in [4.78, 5) is 36.3. The van der Waals surface area contributed by atoms with E-state index >= 15 is 0 Å². The molecule has 1 aromatic heterocycles. The van der Waals surface area contributed by atoms with Crippen LogP contribution in [0.4, 0.5) is 5.69 Å². The smallest absolute Gasteiger partial charge is 0.244 e. The number of fused-ring (bicyclic) bond motifs is 1. The molecule has 2 aliphatic heterocycles. The number of benzene rings is 2. The molecule has 166 valence electrons.